The van der Waals surface area contributed by atoms with E-state index >= 15 is 0 Å². The maximum absolute atomic E-state index is 3.26. The second-order valence-corrected chi connectivity index (χ2v) is 3.86. The van der Waals surface area contributed by atoms with Crippen molar-refractivity contribution in [2.45, 2.75) is 40.0 Å². The molecule has 1 aliphatic carbocycles. The molecule has 1 rings (SSSR count). The minimum atomic E-state index is 0.630. The molecule has 1 saturated carbocycles. The summed E-state index contributed by atoms with van der Waals surface area (Å²) in [5.41, 5.74) is 0. The number of rotatable bonds is 1. The largest absolute Gasteiger partial charge is 0.106 e. The number of hydrogen-bond donors (Lipinski definition) is 0. The van der Waals surface area contributed by atoms with Gasteiger partial charge in [0, 0.05) is 5.92 Å². The van der Waals surface area contributed by atoms with Gasteiger partial charge >= 0.3 is 0 Å². The fraction of sp³-hybridized carbons (Fsp3) is 0.818. The van der Waals surface area contributed by atoms with Crippen LogP contribution in [-0.2, 0) is 0 Å². The molecular weight excluding hydrogens is 132 g/mol. The normalized spacial score (nSPS) is 32.6. The zero-order chi connectivity index (χ0) is 8.27. The molecular formula is C11H18. The molecule has 3 atom stereocenters. The third-order valence-corrected chi connectivity index (χ3v) is 2.81. The molecule has 0 amide bonds. The molecule has 0 heterocycles. The molecule has 1 aliphatic rings. The van der Waals surface area contributed by atoms with Gasteiger partial charge in [-0.25, -0.2) is 0 Å². The summed E-state index contributed by atoms with van der Waals surface area (Å²) in [5.74, 6) is 8.73. The highest BCUT2D eigenvalue weighted by Crippen LogP contribution is 2.34. The van der Waals surface area contributed by atoms with Gasteiger partial charge in [-0.3, -0.25) is 0 Å². The first-order valence-electron chi connectivity index (χ1n) is 4.66. The van der Waals surface area contributed by atoms with Crippen LogP contribution >= 0.6 is 0 Å². The average molecular weight is 150 g/mol. The van der Waals surface area contributed by atoms with E-state index in [4.69, 9.17) is 0 Å². The van der Waals surface area contributed by atoms with E-state index in [2.05, 4.69) is 25.7 Å². The first-order valence-corrected chi connectivity index (χ1v) is 4.66. The van der Waals surface area contributed by atoms with Crippen LogP contribution in [0.3, 0.4) is 0 Å². The molecule has 0 spiro atoms. The lowest BCUT2D eigenvalue weighted by atomic mass is 9.92. The van der Waals surface area contributed by atoms with Crippen LogP contribution in [0.15, 0.2) is 0 Å². The lowest BCUT2D eigenvalue weighted by Crippen LogP contribution is -2.05. The Morgan fingerprint density at radius 3 is 2.55 bits per heavy atom. The molecule has 0 heteroatoms. The van der Waals surface area contributed by atoms with E-state index < -0.39 is 0 Å². The second kappa shape index (κ2) is 3.81. The van der Waals surface area contributed by atoms with Gasteiger partial charge in [0.2, 0.25) is 0 Å². The Morgan fingerprint density at radius 2 is 2.09 bits per heavy atom. The third kappa shape index (κ3) is 2.26. The molecule has 1 fully saturated rings. The van der Waals surface area contributed by atoms with Gasteiger partial charge in [0.25, 0.3) is 0 Å². The van der Waals surface area contributed by atoms with Crippen LogP contribution in [0.25, 0.3) is 0 Å². The lowest BCUT2D eigenvalue weighted by molar-refractivity contribution is 0.429. The standard InChI is InChI=1S/C11H18/c1-4-5-10(3)11-7-6-9(2)8-11/h9-11H,6-8H2,1-3H3. The van der Waals surface area contributed by atoms with Gasteiger partial charge in [-0.05, 0) is 31.6 Å². The van der Waals surface area contributed by atoms with Crippen LogP contribution in [0.4, 0.5) is 0 Å². The summed E-state index contributed by atoms with van der Waals surface area (Å²) in [6.07, 6.45) is 4.22. The summed E-state index contributed by atoms with van der Waals surface area (Å²) in [6.45, 7) is 6.56. The molecule has 0 aromatic rings. The van der Waals surface area contributed by atoms with Crippen LogP contribution in [0.5, 0.6) is 0 Å². The van der Waals surface area contributed by atoms with Crippen LogP contribution in [0, 0.1) is 29.6 Å². The van der Waals surface area contributed by atoms with E-state index in [1.54, 1.807) is 0 Å². The highest BCUT2D eigenvalue weighted by molar-refractivity contribution is 5.02. The van der Waals surface area contributed by atoms with Crippen molar-refractivity contribution in [2.24, 2.45) is 17.8 Å². The summed E-state index contributed by atoms with van der Waals surface area (Å²) in [6, 6.07) is 0. The van der Waals surface area contributed by atoms with Crippen molar-refractivity contribution in [1.29, 1.82) is 0 Å². The summed E-state index contributed by atoms with van der Waals surface area (Å²) in [4.78, 5) is 0. The van der Waals surface area contributed by atoms with Crippen molar-refractivity contribution in [3.8, 4) is 11.8 Å². The molecule has 0 aromatic heterocycles. The first kappa shape index (κ1) is 8.65. The maximum Gasteiger partial charge on any atom is 0.0202 e. The van der Waals surface area contributed by atoms with Gasteiger partial charge in [-0.1, -0.05) is 20.3 Å². The summed E-state index contributed by atoms with van der Waals surface area (Å²) < 4.78 is 0. The van der Waals surface area contributed by atoms with Crippen molar-refractivity contribution in [3.63, 3.8) is 0 Å². The molecule has 0 nitrogen and oxygen atoms in total. The van der Waals surface area contributed by atoms with E-state index in [0.29, 0.717) is 5.92 Å². The summed E-state index contributed by atoms with van der Waals surface area (Å²) in [5, 5.41) is 0. The Labute approximate surface area is 70.4 Å². The molecule has 11 heavy (non-hydrogen) atoms. The molecule has 62 valence electrons. The van der Waals surface area contributed by atoms with Crippen molar-refractivity contribution < 1.29 is 0 Å². The highest BCUT2D eigenvalue weighted by Gasteiger charge is 2.24. The van der Waals surface area contributed by atoms with E-state index in [9.17, 15) is 0 Å². The van der Waals surface area contributed by atoms with Crippen molar-refractivity contribution in [2.75, 3.05) is 0 Å². The zero-order valence-corrected chi connectivity index (χ0v) is 7.85. The fourth-order valence-electron chi connectivity index (χ4n) is 2.05. The van der Waals surface area contributed by atoms with Gasteiger partial charge in [-0.15, -0.1) is 11.8 Å². The maximum atomic E-state index is 3.26. The van der Waals surface area contributed by atoms with E-state index in [0.717, 1.165) is 11.8 Å². The predicted molar refractivity (Wildman–Crippen MR) is 49.1 cm³/mol. The Morgan fingerprint density at radius 1 is 1.36 bits per heavy atom. The molecule has 0 N–H and O–H groups in total. The third-order valence-electron chi connectivity index (χ3n) is 2.81. The van der Waals surface area contributed by atoms with Crippen molar-refractivity contribution >= 4 is 0 Å². The van der Waals surface area contributed by atoms with Crippen molar-refractivity contribution in [3.05, 3.63) is 0 Å². The molecule has 0 aromatic carbocycles. The van der Waals surface area contributed by atoms with Gasteiger partial charge in [-0.2, -0.15) is 0 Å². The lowest BCUT2D eigenvalue weighted by Gasteiger charge is -2.12. The van der Waals surface area contributed by atoms with Crippen molar-refractivity contribution in [1.82, 2.24) is 0 Å². The van der Waals surface area contributed by atoms with E-state index in [1.807, 2.05) is 6.92 Å². The smallest absolute Gasteiger partial charge is 0.0202 e. The fourth-order valence-corrected chi connectivity index (χ4v) is 2.05. The van der Waals surface area contributed by atoms with Gasteiger partial charge in [0.15, 0.2) is 0 Å². The molecule has 0 bridgehead atoms. The summed E-state index contributed by atoms with van der Waals surface area (Å²) >= 11 is 0. The van der Waals surface area contributed by atoms with Crippen LogP contribution in [0.2, 0.25) is 0 Å². The van der Waals surface area contributed by atoms with E-state index in [-0.39, 0.29) is 0 Å². The quantitative estimate of drug-likeness (QED) is 0.504. The SMILES string of the molecule is CC#CC(C)C1CCC(C)C1. The van der Waals surface area contributed by atoms with Gasteiger partial charge in [0.1, 0.15) is 0 Å². The van der Waals surface area contributed by atoms with Gasteiger partial charge < -0.3 is 0 Å². The van der Waals surface area contributed by atoms with Crippen LogP contribution in [-0.4, -0.2) is 0 Å². The number of hydrogen-bond acceptors (Lipinski definition) is 0. The topological polar surface area (TPSA) is 0 Å². The highest BCUT2D eigenvalue weighted by atomic mass is 14.3. The summed E-state index contributed by atoms with van der Waals surface area (Å²) in [7, 11) is 0. The van der Waals surface area contributed by atoms with Crippen LogP contribution in [0.1, 0.15) is 40.0 Å². The average Bonchev–Trinajstić information content (AvgIpc) is 2.36. The first-order chi connectivity index (χ1) is 5.24. The monoisotopic (exact) mass is 150 g/mol. The minimum absolute atomic E-state index is 0.630. The second-order valence-electron chi connectivity index (χ2n) is 3.86. The molecule has 0 saturated heterocycles. The molecule has 0 aliphatic heterocycles. The Kier molecular flexibility index (Phi) is 3.00. The zero-order valence-electron chi connectivity index (χ0n) is 7.85. The Balaban J connectivity index is 2.40. The minimum Gasteiger partial charge on any atom is -0.106 e. The van der Waals surface area contributed by atoms with Gasteiger partial charge in [0.05, 0.1) is 0 Å². The van der Waals surface area contributed by atoms with E-state index in [1.165, 1.54) is 19.3 Å². The molecule has 0 radical (unpaired) electrons. The predicted octanol–water partition coefficient (Wildman–Crippen LogP) is 3.08. The molecule has 3 unspecified atom stereocenters. The Hall–Kier alpha value is -0.440. The van der Waals surface area contributed by atoms with Crippen LogP contribution < -0.4 is 0 Å². The Bertz CT molecular complexity index is 170.